The Morgan fingerprint density at radius 2 is 1.82 bits per heavy atom. The van der Waals surface area contributed by atoms with Crippen LogP contribution in [0.5, 0.6) is 5.75 Å². The second-order valence-corrected chi connectivity index (χ2v) is 9.44. The Morgan fingerprint density at radius 1 is 1.00 bits per heavy atom. The number of fused-ring (bicyclic) bond motifs is 1. The lowest BCUT2D eigenvalue weighted by molar-refractivity contribution is -0.120. The van der Waals surface area contributed by atoms with Crippen molar-refractivity contribution in [1.82, 2.24) is 19.7 Å². The van der Waals surface area contributed by atoms with Gasteiger partial charge in [0.05, 0.1) is 24.4 Å². The number of imidazole rings is 1. The average molecular weight is 489 g/mol. The molecule has 0 aliphatic rings. The number of carbonyl (C=O) groups is 1. The van der Waals surface area contributed by atoms with Crippen LogP contribution >= 0.6 is 22.7 Å². The summed E-state index contributed by atoms with van der Waals surface area (Å²) < 4.78 is 7.52. The Labute approximate surface area is 205 Å². The van der Waals surface area contributed by atoms with E-state index in [2.05, 4.69) is 27.8 Å². The Kier molecular flexibility index (Phi) is 6.69. The van der Waals surface area contributed by atoms with Crippen LogP contribution in [-0.4, -0.2) is 33.4 Å². The van der Waals surface area contributed by atoms with Crippen molar-refractivity contribution in [3.63, 3.8) is 0 Å². The van der Waals surface area contributed by atoms with E-state index < -0.39 is 0 Å². The molecule has 2 aromatic carbocycles. The fraction of sp³-hybridized carbons (Fsp3) is 0.192. The minimum atomic E-state index is -0.00507. The first-order chi connectivity index (χ1) is 16.7. The molecule has 0 spiro atoms. The topological polar surface area (TPSA) is 68.5 Å². The van der Waals surface area contributed by atoms with Crippen molar-refractivity contribution in [2.75, 3.05) is 13.2 Å². The Morgan fingerprint density at radius 3 is 2.62 bits per heavy atom. The summed E-state index contributed by atoms with van der Waals surface area (Å²) >= 11 is 3.17. The van der Waals surface area contributed by atoms with Crippen LogP contribution in [0.4, 0.5) is 0 Å². The largest absolute Gasteiger partial charge is 0.494 e. The van der Waals surface area contributed by atoms with Gasteiger partial charge in [-0.1, -0.05) is 30.3 Å². The first-order valence-corrected chi connectivity index (χ1v) is 12.9. The number of hydrogen-bond acceptors (Lipinski definition) is 6. The van der Waals surface area contributed by atoms with Gasteiger partial charge in [0.2, 0.25) is 5.91 Å². The first-order valence-electron chi connectivity index (χ1n) is 11.1. The molecule has 0 unspecified atom stereocenters. The third-order valence-corrected chi connectivity index (χ3v) is 7.19. The van der Waals surface area contributed by atoms with E-state index in [-0.39, 0.29) is 5.91 Å². The molecule has 5 rings (SSSR count). The maximum atomic E-state index is 12.6. The van der Waals surface area contributed by atoms with E-state index in [4.69, 9.17) is 9.72 Å². The molecule has 0 radical (unpaired) electrons. The van der Waals surface area contributed by atoms with Gasteiger partial charge in [-0.25, -0.2) is 9.97 Å². The maximum absolute atomic E-state index is 12.6. The summed E-state index contributed by atoms with van der Waals surface area (Å²) in [5.41, 5.74) is 4.95. The van der Waals surface area contributed by atoms with Crippen LogP contribution < -0.4 is 10.1 Å². The number of ether oxygens (including phenoxy) is 1. The van der Waals surface area contributed by atoms with Gasteiger partial charge in [-0.2, -0.15) is 0 Å². The summed E-state index contributed by atoms with van der Waals surface area (Å²) in [4.78, 5) is 22.9. The van der Waals surface area contributed by atoms with E-state index in [0.29, 0.717) is 26.0 Å². The highest BCUT2D eigenvalue weighted by atomic mass is 32.1. The zero-order valence-corrected chi connectivity index (χ0v) is 20.4. The summed E-state index contributed by atoms with van der Waals surface area (Å²) in [6, 6.07) is 18.1. The molecule has 0 bridgehead atoms. The average Bonchev–Trinajstić information content (AvgIpc) is 3.58. The molecule has 1 N–H and O–H groups in total. The predicted octanol–water partition coefficient (Wildman–Crippen LogP) is 5.49. The van der Waals surface area contributed by atoms with Crippen LogP contribution in [0.1, 0.15) is 18.3 Å². The number of benzene rings is 2. The van der Waals surface area contributed by atoms with Crippen LogP contribution in [0.15, 0.2) is 71.6 Å². The van der Waals surface area contributed by atoms with E-state index >= 15 is 0 Å². The number of nitrogens with one attached hydrogen (secondary N) is 1. The molecule has 0 aliphatic heterocycles. The van der Waals surface area contributed by atoms with E-state index in [1.165, 1.54) is 0 Å². The number of amides is 1. The van der Waals surface area contributed by atoms with Gasteiger partial charge < -0.3 is 10.1 Å². The molecule has 0 aliphatic carbocycles. The highest BCUT2D eigenvalue weighted by Crippen LogP contribution is 2.26. The van der Waals surface area contributed by atoms with Crippen molar-refractivity contribution in [2.45, 2.75) is 19.8 Å². The van der Waals surface area contributed by atoms with Gasteiger partial charge in [0, 0.05) is 46.7 Å². The minimum Gasteiger partial charge on any atom is -0.494 e. The lowest BCUT2D eigenvalue weighted by atomic mass is 10.1. The molecule has 0 saturated carbocycles. The fourth-order valence-corrected chi connectivity index (χ4v) is 5.41. The zero-order valence-electron chi connectivity index (χ0n) is 18.7. The van der Waals surface area contributed by atoms with Gasteiger partial charge in [-0.3, -0.25) is 9.20 Å². The first kappa shape index (κ1) is 22.3. The number of rotatable bonds is 9. The quantitative estimate of drug-likeness (QED) is 0.298. The summed E-state index contributed by atoms with van der Waals surface area (Å²) in [5.74, 6) is 0.841. The monoisotopic (exact) mass is 488 g/mol. The van der Waals surface area contributed by atoms with Crippen LogP contribution in [0.25, 0.3) is 26.8 Å². The molecule has 172 valence electrons. The van der Waals surface area contributed by atoms with Gasteiger partial charge in [0.1, 0.15) is 10.8 Å². The summed E-state index contributed by atoms with van der Waals surface area (Å²) in [6.07, 6.45) is 3.01. The van der Waals surface area contributed by atoms with Gasteiger partial charge in [-0.05, 0) is 31.2 Å². The van der Waals surface area contributed by atoms with Crippen molar-refractivity contribution in [1.29, 1.82) is 0 Å². The molecule has 8 heteroatoms. The standard InChI is InChI=1S/C26H24N4O2S2/c1-2-32-22-10-8-18(9-11-22)23-15-30-21(17-34-26(30)29-23)14-24(31)27-13-12-20-16-33-25(28-20)19-6-4-3-5-7-19/h3-11,15-17H,2,12-14H2,1H3,(H,27,31). The van der Waals surface area contributed by atoms with Crippen molar-refractivity contribution in [2.24, 2.45) is 0 Å². The van der Waals surface area contributed by atoms with Crippen molar-refractivity contribution in [3.05, 3.63) is 82.9 Å². The number of nitrogens with zero attached hydrogens (tertiary/aromatic N) is 3. The van der Waals surface area contributed by atoms with Crippen LogP contribution in [0.3, 0.4) is 0 Å². The van der Waals surface area contributed by atoms with Gasteiger partial charge in [-0.15, -0.1) is 22.7 Å². The van der Waals surface area contributed by atoms with Crippen molar-refractivity contribution in [3.8, 4) is 27.6 Å². The lowest BCUT2D eigenvalue weighted by Crippen LogP contribution is -2.27. The fourth-order valence-electron chi connectivity index (χ4n) is 3.68. The van der Waals surface area contributed by atoms with E-state index in [1.54, 1.807) is 22.7 Å². The lowest BCUT2D eigenvalue weighted by Gasteiger charge is -2.04. The molecule has 3 heterocycles. The molecule has 6 nitrogen and oxygen atoms in total. The number of carbonyl (C=O) groups excluding carboxylic acids is 1. The second kappa shape index (κ2) is 10.2. The van der Waals surface area contributed by atoms with E-state index in [0.717, 1.165) is 43.9 Å². The highest BCUT2D eigenvalue weighted by molar-refractivity contribution is 7.15. The molecule has 0 saturated heterocycles. The number of hydrogen-bond donors (Lipinski definition) is 1. The molecule has 0 fully saturated rings. The van der Waals surface area contributed by atoms with E-state index in [1.807, 2.05) is 65.4 Å². The summed E-state index contributed by atoms with van der Waals surface area (Å²) in [6.45, 7) is 3.17. The molecule has 3 aromatic heterocycles. The summed E-state index contributed by atoms with van der Waals surface area (Å²) in [5, 5.41) is 8.08. The zero-order chi connectivity index (χ0) is 23.3. The van der Waals surface area contributed by atoms with Gasteiger partial charge in [0.15, 0.2) is 4.96 Å². The third-order valence-electron chi connectivity index (χ3n) is 5.36. The highest BCUT2D eigenvalue weighted by Gasteiger charge is 2.13. The second-order valence-electron chi connectivity index (χ2n) is 7.75. The minimum absolute atomic E-state index is 0.00507. The molecule has 1 amide bonds. The van der Waals surface area contributed by atoms with Gasteiger partial charge in [0.25, 0.3) is 0 Å². The number of thiazole rings is 2. The van der Waals surface area contributed by atoms with Crippen molar-refractivity contribution < 1.29 is 9.53 Å². The van der Waals surface area contributed by atoms with Gasteiger partial charge >= 0.3 is 0 Å². The van der Waals surface area contributed by atoms with Crippen LogP contribution in [0.2, 0.25) is 0 Å². The summed E-state index contributed by atoms with van der Waals surface area (Å²) in [7, 11) is 0. The Balaban J connectivity index is 1.17. The number of aromatic nitrogens is 3. The SMILES string of the molecule is CCOc1ccc(-c2cn3c(CC(=O)NCCc4csc(-c5ccccc5)n4)csc3n2)cc1. The Bertz CT molecular complexity index is 1390. The molecular weight excluding hydrogens is 464 g/mol. The predicted molar refractivity (Wildman–Crippen MR) is 138 cm³/mol. The van der Waals surface area contributed by atoms with Crippen LogP contribution in [-0.2, 0) is 17.6 Å². The molecule has 0 atom stereocenters. The van der Waals surface area contributed by atoms with Crippen molar-refractivity contribution >= 4 is 33.5 Å². The van der Waals surface area contributed by atoms with Crippen LogP contribution in [0, 0.1) is 0 Å². The molecular formula is C26H24N4O2S2. The Hall–Kier alpha value is -3.49. The maximum Gasteiger partial charge on any atom is 0.225 e. The molecule has 34 heavy (non-hydrogen) atoms. The normalized spacial score (nSPS) is 11.1. The van der Waals surface area contributed by atoms with E-state index in [9.17, 15) is 4.79 Å². The third kappa shape index (κ3) is 5.03. The smallest absolute Gasteiger partial charge is 0.225 e. The molecule has 5 aromatic rings.